The van der Waals surface area contributed by atoms with Gasteiger partial charge in [-0.05, 0) is 33.1 Å². The summed E-state index contributed by atoms with van der Waals surface area (Å²) < 4.78 is 6.22. The number of aromatic nitrogens is 2. The number of nitrogens with zero attached hydrogens (tertiary/aromatic N) is 2. The molecular formula is C17H29N3O. The van der Waals surface area contributed by atoms with Crippen LogP contribution >= 0.6 is 0 Å². The van der Waals surface area contributed by atoms with Gasteiger partial charge < -0.3 is 10.1 Å². The summed E-state index contributed by atoms with van der Waals surface area (Å²) in [6.07, 6.45) is 7.99. The highest BCUT2D eigenvalue weighted by Gasteiger charge is 2.37. The Hall–Kier alpha value is -1.16. The van der Waals surface area contributed by atoms with Crippen LogP contribution in [-0.2, 0) is 16.8 Å². The van der Waals surface area contributed by atoms with Crippen LogP contribution in [0.5, 0.6) is 0 Å². The number of hydrogen-bond acceptors (Lipinski definition) is 4. The standard InChI is InChI=1S/C17H29N3O/c1-5-14-13(3)15(18-4)20-16(19-14)17(21-6-2)11-9-7-8-10-12-17/h5-12H2,1-4H3,(H,18,19,20). The molecule has 1 heterocycles. The van der Waals surface area contributed by atoms with Gasteiger partial charge in [0, 0.05) is 24.9 Å². The van der Waals surface area contributed by atoms with Crippen molar-refractivity contribution in [1.82, 2.24) is 9.97 Å². The molecule has 0 atom stereocenters. The number of rotatable bonds is 5. The summed E-state index contributed by atoms with van der Waals surface area (Å²) >= 11 is 0. The largest absolute Gasteiger partial charge is 0.373 e. The minimum absolute atomic E-state index is 0.283. The van der Waals surface area contributed by atoms with Crippen LogP contribution in [0, 0.1) is 6.92 Å². The molecule has 4 heteroatoms. The molecule has 0 spiro atoms. The van der Waals surface area contributed by atoms with E-state index in [4.69, 9.17) is 14.7 Å². The Labute approximate surface area is 128 Å². The monoisotopic (exact) mass is 291 g/mol. The second-order valence-corrected chi connectivity index (χ2v) is 5.91. The van der Waals surface area contributed by atoms with Gasteiger partial charge in [-0.2, -0.15) is 0 Å². The average Bonchev–Trinajstić information content (AvgIpc) is 2.74. The Balaban J connectivity index is 2.48. The van der Waals surface area contributed by atoms with E-state index in [1.54, 1.807) is 0 Å². The molecule has 1 aliphatic rings. The fraction of sp³-hybridized carbons (Fsp3) is 0.765. The summed E-state index contributed by atoms with van der Waals surface area (Å²) in [5.41, 5.74) is 2.01. The van der Waals surface area contributed by atoms with E-state index in [1.807, 2.05) is 7.05 Å². The average molecular weight is 291 g/mol. The van der Waals surface area contributed by atoms with Crippen molar-refractivity contribution in [3.05, 3.63) is 17.1 Å². The molecule has 0 radical (unpaired) electrons. The normalized spacial score (nSPS) is 18.3. The molecule has 1 aromatic rings. The lowest BCUT2D eigenvalue weighted by atomic mass is 9.92. The number of hydrogen-bond donors (Lipinski definition) is 1. The highest BCUT2D eigenvalue weighted by Crippen LogP contribution is 2.38. The van der Waals surface area contributed by atoms with Crippen LogP contribution < -0.4 is 5.32 Å². The summed E-state index contributed by atoms with van der Waals surface area (Å²) in [4.78, 5) is 9.69. The molecule has 21 heavy (non-hydrogen) atoms. The Bertz CT molecular complexity index is 440. The van der Waals surface area contributed by atoms with Crippen molar-refractivity contribution in [2.75, 3.05) is 19.0 Å². The van der Waals surface area contributed by atoms with E-state index in [9.17, 15) is 0 Å². The lowest BCUT2D eigenvalue weighted by Crippen LogP contribution is -2.32. The van der Waals surface area contributed by atoms with Crippen LogP contribution in [0.1, 0.15) is 69.5 Å². The van der Waals surface area contributed by atoms with Gasteiger partial charge >= 0.3 is 0 Å². The summed E-state index contributed by atoms with van der Waals surface area (Å²) in [6, 6.07) is 0. The molecule has 1 fully saturated rings. The molecule has 4 nitrogen and oxygen atoms in total. The third-order valence-corrected chi connectivity index (χ3v) is 4.56. The zero-order valence-electron chi connectivity index (χ0n) is 14.0. The van der Waals surface area contributed by atoms with E-state index in [-0.39, 0.29) is 5.60 Å². The summed E-state index contributed by atoms with van der Waals surface area (Å²) in [5.74, 6) is 1.83. The highest BCUT2D eigenvalue weighted by atomic mass is 16.5. The summed E-state index contributed by atoms with van der Waals surface area (Å²) in [7, 11) is 1.93. The number of ether oxygens (including phenoxy) is 1. The minimum atomic E-state index is -0.283. The Morgan fingerprint density at radius 2 is 1.76 bits per heavy atom. The summed E-state index contributed by atoms with van der Waals surface area (Å²) in [5, 5.41) is 3.22. The number of aryl methyl sites for hydroxylation is 1. The zero-order valence-corrected chi connectivity index (χ0v) is 14.0. The van der Waals surface area contributed by atoms with E-state index < -0.39 is 0 Å². The minimum Gasteiger partial charge on any atom is -0.373 e. The lowest BCUT2D eigenvalue weighted by molar-refractivity contribution is -0.0624. The predicted molar refractivity (Wildman–Crippen MR) is 86.7 cm³/mol. The number of anilines is 1. The first-order valence-electron chi connectivity index (χ1n) is 8.36. The van der Waals surface area contributed by atoms with E-state index in [0.717, 1.165) is 42.2 Å². The molecule has 1 aromatic heterocycles. The molecule has 118 valence electrons. The molecule has 0 bridgehead atoms. The maximum absolute atomic E-state index is 6.22. The molecular weight excluding hydrogens is 262 g/mol. The molecule has 1 aliphatic carbocycles. The van der Waals surface area contributed by atoms with Crippen molar-refractivity contribution in [3.63, 3.8) is 0 Å². The van der Waals surface area contributed by atoms with Crippen LogP contribution in [-0.4, -0.2) is 23.6 Å². The van der Waals surface area contributed by atoms with Gasteiger partial charge in [-0.3, -0.25) is 0 Å². The fourth-order valence-corrected chi connectivity index (χ4v) is 3.36. The molecule has 0 aromatic carbocycles. The Kier molecular flexibility index (Phi) is 5.57. The second-order valence-electron chi connectivity index (χ2n) is 5.91. The van der Waals surface area contributed by atoms with Gasteiger partial charge in [-0.25, -0.2) is 9.97 Å². The first-order chi connectivity index (χ1) is 10.2. The van der Waals surface area contributed by atoms with Gasteiger partial charge in [0.2, 0.25) is 0 Å². The lowest BCUT2D eigenvalue weighted by Gasteiger charge is -2.32. The first-order valence-corrected chi connectivity index (χ1v) is 8.36. The van der Waals surface area contributed by atoms with E-state index in [1.165, 1.54) is 25.7 Å². The molecule has 0 aliphatic heterocycles. The quantitative estimate of drug-likeness (QED) is 0.834. The zero-order chi connectivity index (χ0) is 15.3. The van der Waals surface area contributed by atoms with E-state index in [2.05, 4.69) is 26.1 Å². The van der Waals surface area contributed by atoms with Crippen LogP contribution in [0.4, 0.5) is 5.82 Å². The van der Waals surface area contributed by atoms with Crippen LogP contribution in [0.25, 0.3) is 0 Å². The van der Waals surface area contributed by atoms with Crippen molar-refractivity contribution < 1.29 is 4.74 Å². The van der Waals surface area contributed by atoms with Gasteiger partial charge in [0.15, 0.2) is 5.82 Å². The smallest absolute Gasteiger partial charge is 0.162 e. The van der Waals surface area contributed by atoms with Crippen molar-refractivity contribution in [3.8, 4) is 0 Å². The van der Waals surface area contributed by atoms with Gasteiger partial charge in [-0.15, -0.1) is 0 Å². The van der Waals surface area contributed by atoms with Crippen LogP contribution in [0.3, 0.4) is 0 Å². The maximum atomic E-state index is 6.22. The topological polar surface area (TPSA) is 47.0 Å². The molecule has 1 saturated carbocycles. The van der Waals surface area contributed by atoms with E-state index in [0.29, 0.717) is 6.61 Å². The van der Waals surface area contributed by atoms with Gasteiger partial charge in [0.05, 0.1) is 0 Å². The fourth-order valence-electron chi connectivity index (χ4n) is 3.36. The Morgan fingerprint density at radius 1 is 1.10 bits per heavy atom. The summed E-state index contributed by atoms with van der Waals surface area (Å²) in [6.45, 7) is 7.03. The maximum Gasteiger partial charge on any atom is 0.162 e. The van der Waals surface area contributed by atoms with Gasteiger partial charge in [0.25, 0.3) is 0 Å². The second kappa shape index (κ2) is 7.21. The van der Waals surface area contributed by atoms with Crippen molar-refractivity contribution in [2.45, 2.75) is 71.3 Å². The predicted octanol–water partition coefficient (Wildman–Crippen LogP) is 3.98. The van der Waals surface area contributed by atoms with Crippen LogP contribution in [0.15, 0.2) is 0 Å². The van der Waals surface area contributed by atoms with E-state index >= 15 is 0 Å². The molecule has 0 saturated heterocycles. The highest BCUT2D eigenvalue weighted by molar-refractivity contribution is 5.45. The molecule has 0 amide bonds. The van der Waals surface area contributed by atoms with Crippen LogP contribution in [0.2, 0.25) is 0 Å². The third-order valence-electron chi connectivity index (χ3n) is 4.56. The van der Waals surface area contributed by atoms with Gasteiger partial charge in [-0.1, -0.05) is 32.6 Å². The van der Waals surface area contributed by atoms with Crippen molar-refractivity contribution >= 4 is 5.82 Å². The Morgan fingerprint density at radius 3 is 2.29 bits per heavy atom. The van der Waals surface area contributed by atoms with Crippen molar-refractivity contribution in [2.24, 2.45) is 0 Å². The molecule has 0 unspecified atom stereocenters. The third kappa shape index (κ3) is 3.37. The molecule has 1 N–H and O–H groups in total. The SMILES string of the molecule is CCOC1(c2nc(CC)c(C)c(NC)n2)CCCCCC1. The molecule has 2 rings (SSSR count). The van der Waals surface area contributed by atoms with Gasteiger partial charge in [0.1, 0.15) is 11.4 Å². The first kappa shape index (κ1) is 16.2. The van der Waals surface area contributed by atoms with Crippen molar-refractivity contribution in [1.29, 1.82) is 0 Å². The number of nitrogens with one attached hydrogen (secondary N) is 1.